The van der Waals surface area contributed by atoms with Crippen LogP contribution in [-0.4, -0.2) is 37.1 Å². The van der Waals surface area contributed by atoms with Crippen LogP contribution >= 0.6 is 11.6 Å². The maximum Gasteiger partial charge on any atom is 0.246 e. The Balaban J connectivity index is 1.87. The van der Waals surface area contributed by atoms with E-state index in [0.717, 1.165) is 29.9 Å². The Morgan fingerprint density at radius 3 is 2.46 bits per heavy atom. The van der Waals surface area contributed by atoms with Crippen LogP contribution < -0.4 is 5.32 Å². The Morgan fingerprint density at radius 1 is 1.12 bits per heavy atom. The van der Waals surface area contributed by atoms with Crippen molar-refractivity contribution in [2.45, 2.75) is 13.0 Å². The fraction of sp³-hybridized carbons (Fsp3) is 0.316. The quantitative estimate of drug-likeness (QED) is 0.920. The van der Waals surface area contributed by atoms with Gasteiger partial charge in [-0.2, -0.15) is 0 Å². The van der Waals surface area contributed by atoms with E-state index in [1.165, 1.54) is 0 Å². The number of nitrogens with one attached hydrogen (secondary N) is 1. The second-order valence-electron chi connectivity index (χ2n) is 5.91. The van der Waals surface area contributed by atoms with Gasteiger partial charge in [-0.15, -0.1) is 0 Å². The number of ether oxygens (including phenoxy) is 1. The number of amides is 1. The maximum absolute atomic E-state index is 13.0. The normalized spacial score (nSPS) is 16.6. The first-order chi connectivity index (χ1) is 11.6. The largest absolute Gasteiger partial charge is 0.379 e. The number of hydrogen-bond donors (Lipinski definition) is 1. The SMILES string of the molecule is Cc1ccccc1NC(=O)[C@H](c1ccc(Cl)cc1)N1CCOCC1. The minimum absolute atomic E-state index is 0.0338. The second kappa shape index (κ2) is 7.79. The van der Waals surface area contributed by atoms with Gasteiger partial charge < -0.3 is 10.1 Å². The topological polar surface area (TPSA) is 41.6 Å². The molecule has 1 amide bonds. The van der Waals surface area contributed by atoms with Gasteiger partial charge in [0.1, 0.15) is 6.04 Å². The lowest BCUT2D eigenvalue weighted by Gasteiger charge is -2.34. The molecule has 0 radical (unpaired) electrons. The van der Waals surface area contributed by atoms with Gasteiger partial charge in [0, 0.05) is 23.8 Å². The van der Waals surface area contributed by atoms with Crippen LogP contribution in [0.4, 0.5) is 5.69 Å². The van der Waals surface area contributed by atoms with Crippen molar-refractivity contribution in [2.24, 2.45) is 0 Å². The Morgan fingerprint density at radius 2 is 1.79 bits per heavy atom. The smallest absolute Gasteiger partial charge is 0.246 e. The van der Waals surface area contributed by atoms with Crippen LogP contribution in [0.25, 0.3) is 0 Å². The van der Waals surface area contributed by atoms with Crippen LogP contribution in [0.1, 0.15) is 17.2 Å². The molecule has 126 valence electrons. The molecule has 1 heterocycles. The van der Waals surface area contributed by atoms with Crippen molar-refractivity contribution in [1.29, 1.82) is 0 Å². The summed E-state index contributed by atoms with van der Waals surface area (Å²) < 4.78 is 5.43. The number of carbonyl (C=O) groups is 1. The molecule has 4 nitrogen and oxygen atoms in total. The van der Waals surface area contributed by atoms with Gasteiger partial charge >= 0.3 is 0 Å². The molecule has 2 aromatic rings. The Kier molecular flexibility index (Phi) is 5.51. The first-order valence-electron chi connectivity index (χ1n) is 8.09. The second-order valence-corrected chi connectivity index (χ2v) is 6.34. The molecule has 0 spiro atoms. The lowest BCUT2D eigenvalue weighted by atomic mass is 10.0. The van der Waals surface area contributed by atoms with Crippen molar-refractivity contribution in [3.05, 3.63) is 64.7 Å². The van der Waals surface area contributed by atoms with Gasteiger partial charge in [-0.25, -0.2) is 0 Å². The molecule has 1 fully saturated rings. The Bertz CT molecular complexity index is 697. The van der Waals surface area contributed by atoms with E-state index in [-0.39, 0.29) is 11.9 Å². The molecule has 1 N–H and O–H groups in total. The third kappa shape index (κ3) is 3.96. The average Bonchev–Trinajstić information content (AvgIpc) is 2.60. The van der Waals surface area contributed by atoms with E-state index >= 15 is 0 Å². The lowest BCUT2D eigenvalue weighted by Crippen LogP contribution is -2.43. The van der Waals surface area contributed by atoms with E-state index in [1.54, 1.807) is 0 Å². The molecule has 0 saturated carbocycles. The van der Waals surface area contributed by atoms with Crippen molar-refractivity contribution >= 4 is 23.2 Å². The predicted molar refractivity (Wildman–Crippen MR) is 96.4 cm³/mol. The van der Waals surface area contributed by atoms with E-state index in [1.807, 2.05) is 55.5 Å². The molecule has 1 saturated heterocycles. The van der Waals surface area contributed by atoms with Gasteiger partial charge in [0.15, 0.2) is 0 Å². The molecule has 0 unspecified atom stereocenters. The molecule has 0 aliphatic carbocycles. The standard InChI is InChI=1S/C19H21ClN2O2/c1-14-4-2-3-5-17(14)21-19(23)18(22-10-12-24-13-11-22)15-6-8-16(20)9-7-15/h2-9,18H,10-13H2,1H3,(H,21,23)/t18-/m0/s1. The van der Waals surface area contributed by atoms with E-state index < -0.39 is 0 Å². The highest BCUT2D eigenvalue weighted by Gasteiger charge is 2.29. The van der Waals surface area contributed by atoms with Crippen molar-refractivity contribution < 1.29 is 9.53 Å². The molecule has 24 heavy (non-hydrogen) atoms. The zero-order valence-corrected chi connectivity index (χ0v) is 14.4. The Labute approximate surface area is 147 Å². The monoisotopic (exact) mass is 344 g/mol. The molecule has 1 aliphatic heterocycles. The number of benzene rings is 2. The summed E-state index contributed by atoms with van der Waals surface area (Å²) in [6.07, 6.45) is 0. The fourth-order valence-electron chi connectivity index (χ4n) is 2.92. The van der Waals surface area contributed by atoms with Gasteiger partial charge in [-0.3, -0.25) is 9.69 Å². The number of hydrogen-bond acceptors (Lipinski definition) is 3. The number of para-hydroxylation sites is 1. The molecular weight excluding hydrogens is 324 g/mol. The highest BCUT2D eigenvalue weighted by atomic mass is 35.5. The third-order valence-electron chi connectivity index (χ3n) is 4.25. The molecular formula is C19H21ClN2O2. The number of carbonyl (C=O) groups excluding carboxylic acids is 1. The van der Waals surface area contributed by atoms with Crippen LogP contribution in [0.2, 0.25) is 5.02 Å². The van der Waals surface area contributed by atoms with Gasteiger partial charge in [0.05, 0.1) is 13.2 Å². The molecule has 3 rings (SSSR count). The number of halogens is 1. The number of nitrogens with zero attached hydrogens (tertiary/aromatic N) is 1. The number of morpholine rings is 1. The number of anilines is 1. The van der Waals surface area contributed by atoms with Crippen molar-refractivity contribution in [1.82, 2.24) is 4.90 Å². The summed E-state index contributed by atoms with van der Waals surface area (Å²) >= 11 is 6.00. The molecule has 1 atom stereocenters. The molecule has 1 aliphatic rings. The van der Waals surface area contributed by atoms with Crippen LogP contribution in [0.5, 0.6) is 0 Å². The summed E-state index contributed by atoms with van der Waals surface area (Å²) in [6.45, 7) is 4.73. The first-order valence-corrected chi connectivity index (χ1v) is 8.47. The molecule has 5 heteroatoms. The van der Waals surface area contributed by atoms with Gasteiger partial charge in [-0.05, 0) is 36.2 Å². The van der Waals surface area contributed by atoms with E-state index in [2.05, 4.69) is 10.2 Å². The minimum atomic E-state index is -0.356. The summed E-state index contributed by atoms with van der Waals surface area (Å²) in [6, 6.07) is 14.9. The summed E-state index contributed by atoms with van der Waals surface area (Å²) in [4.78, 5) is 15.2. The lowest BCUT2D eigenvalue weighted by molar-refractivity contribution is -0.123. The predicted octanol–water partition coefficient (Wildman–Crippen LogP) is 3.66. The van der Waals surface area contributed by atoms with Crippen LogP contribution in [0, 0.1) is 6.92 Å². The summed E-state index contributed by atoms with van der Waals surface area (Å²) in [7, 11) is 0. The highest BCUT2D eigenvalue weighted by Crippen LogP contribution is 2.26. The maximum atomic E-state index is 13.0. The molecule has 0 aromatic heterocycles. The van der Waals surface area contributed by atoms with Crippen LogP contribution in [0.3, 0.4) is 0 Å². The zero-order chi connectivity index (χ0) is 16.9. The third-order valence-corrected chi connectivity index (χ3v) is 4.50. The zero-order valence-electron chi connectivity index (χ0n) is 13.7. The first kappa shape index (κ1) is 17.0. The Hall–Kier alpha value is -1.88. The minimum Gasteiger partial charge on any atom is -0.379 e. The fourth-order valence-corrected chi connectivity index (χ4v) is 3.05. The van der Waals surface area contributed by atoms with Crippen molar-refractivity contribution in [3.63, 3.8) is 0 Å². The number of rotatable bonds is 4. The van der Waals surface area contributed by atoms with E-state index in [9.17, 15) is 4.79 Å². The van der Waals surface area contributed by atoms with E-state index in [4.69, 9.17) is 16.3 Å². The summed E-state index contributed by atoms with van der Waals surface area (Å²) in [5.41, 5.74) is 2.82. The molecule has 2 aromatic carbocycles. The number of aryl methyl sites for hydroxylation is 1. The van der Waals surface area contributed by atoms with Gasteiger partial charge in [-0.1, -0.05) is 41.9 Å². The highest BCUT2D eigenvalue weighted by molar-refractivity contribution is 6.30. The summed E-state index contributed by atoms with van der Waals surface area (Å²) in [5, 5.41) is 3.73. The summed E-state index contributed by atoms with van der Waals surface area (Å²) in [5.74, 6) is -0.0338. The molecule has 0 bridgehead atoms. The van der Waals surface area contributed by atoms with E-state index in [0.29, 0.717) is 18.2 Å². The van der Waals surface area contributed by atoms with Gasteiger partial charge in [0.25, 0.3) is 0 Å². The average molecular weight is 345 g/mol. The van der Waals surface area contributed by atoms with Crippen LogP contribution in [-0.2, 0) is 9.53 Å². The van der Waals surface area contributed by atoms with Crippen LogP contribution in [0.15, 0.2) is 48.5 Å². The van der Waals surface area contributed by atoms with Crippen molar-refractivity contribution in [3.8, 4) is 0 Å². The van der Waals surface area contributed by atoms with Crippen molar-refractivity contribution in [2.75, 3.05) is 31.6 Å². The van der Waals surface area contributed by atoms with Gasteiger partial charge in [0.2, 0.25) is 5.91 Å².